The Morgan fingerprint density at radius 3 is 2.59 bits per heavy atom. The number of fused-ring (bicyclic) bond motifs is 1. The van der Waals surface area contributed by atoms with Crippen LogP contribution in [0.4, 0.5) is 11.5 Å². The van der Waals surface area contributed by atoms with Gasteiger partial charge in [-0.05, 0) is 19.4 Å². The highest BCUT2D eigenvalue weighted by Crippen LogP contribution is 2.47. The Kier molecular flexibility index (Phi) is 3.50. The molecule has 0 bridgehead atoms. The molecule has 2 aromatic rings. The summed E-state index contributed by atoms with van der Waals surface area (Å²) in [5.74, 6) is 5.81. The molecule has 2 heterocycles. The molecule has 0 atom stereocenters. The number of anilines is 2. The fraction of sp³-hybridized carbons (Fsp3) is 0.267. The Bertz CT molecular complexity index is 732. The standard InChI is InChI=1S/C15H16ClN5O/c1-15(2)10-11(13(18-17)20-19-12(10)16)21(14(15)22)8-9-6-4-3-5-7-9/h3-7H,8,17H2,1-2H3,(H,18,20). The monoisotopic (exact) mass is 317 g/mol. The number of hydrogen-bond donors (Lipinski definition) is 2. The lowest BCUT2D eigenvalue weighted by molar-refractivity contribution is -0.122. The van der Waals surface area contributed by atoms with Gasteiger partial charge in [-0.25, -0.2) is 5.84 Å². The maximum Gasteiger partial charge on any atom is 0.237 e. The Hall–Kier alpha value is -2.18. The number of nitrogens with two attached hydrogens (primary N) is 1. The minimum atomic E-state index is -0.775. The number of nitrogens with one attached hydrogen (secondary N) is 1. The predicted octanol–water partition coefficient (Wildman–Crippen LogP) is 2.24. The molecular formula is C15H16ClN5O. The van der Waals surface area contributed by atoms with Crippen LogP contribution in [0.2, 0.25) is 5.15 Å². The third-order valence-electron chi connectivity index (χ3n) is 3.90. The van der Waals surface area contributed by atoms with Crippen LogP contribution in [-0.2, 0) is 16.8 Å². The van der Waals surface area contributed by atoms with Crippen molar-refractivity contribution in [2.75, 3.05) is 10.3 Å². The molecule has 1 aliphatic rings. The number of hydrazine groups is 1. The molecule has 0 unspecified atom stereocenters. The molecular weight excluding hydrogens is 302 g/mol. The van der Waals surface area contributed by atoms with E-state index in [0.717, 1.165) is 5.56 Å². The van der Waals surface area contributed by atoms with Crippen LogP contribution in [0.25, 0.3) is 0 Å². The number of benzene rings is 1. The van der Waals surface area contributed by atoms with Crippen molar-refractivity contribution in [2.24, 2.45) is 5.84 Å². The van der Waals surface area contributed by atoms with Crippen LogP contribution in [0.1, 0.15) is 25.0 Å². The van der Waals surface area contributed by atoms with Gasteiger partial charge in [0.05, 0.1) is 17.6 Å². The van der Waals surface area contributed by atoms with Gasteiger partial charge < -0.3 is 10.3 Å². The lowest BCUT2D eigenvalue weighted by atomic mass is 9.87. The number of hydrogen-bond acceptors (Lipinski definition) is 5. The summed E-state index contributed by atoms with van der Waals surface area (Å²) < 4.78 is 0. The van der Waals surface area contributed by atoms with E-state index in [1.807, 2.05) is 44.2 Å². The lowest BCUT2D eigenvalue weighted by Gasteiger charge is -2.20. The summed E-state index contributed by atoms with van der Waals surface area (Å²) in [7, 11) is 0. The first-order valence-electron chi connectivity index (χ1n) is 6.86. The van der Waals surface area contributed by atoms with Gasteiger partial charge in [0.1, 0.15) is 0 Å². The van der Waals surface area contributed by atoms with Crippen LogP contribution >= 0.6 is 11.6 Å². The Balaban J connectivity index is 2.15. The van der Waals surface area contributed by atoms with E-state index in [9.17, 15) is 4.79 Å². The van der Waals surface area contributed by atoms with Gasteiger partial charge in [0.25, 0.3) is 0 Å². The van der Waals surface area contributed by atoms with Crippen molar-refractivity contribution >= 4 is 29.0 Å². The third-order valence-corrected chi connectivity index (χ3v) is 4.16. The van der Waals surface area contributed by atoms with E-state index in [4.69, 9.17) is 17.4 Å². The summed E-state index contributed by atoms with van der Waals surface area (Å²) in [5, 5.41) is 8.06. The van der Waals surface area contributed by atoms with E-state index in [-0.39, 0.29) is 11.1 Å². The number of carbonyl (C=O) groups is 1. The first kappa shape index (κ1) is 14.7. The second-order valence-electron chi connectivity index (χ2n) is 5.71. The molecule has 114 valence electrons. The fourth-order valence-electron chi connectivity index (χ4n) is 2.78. The van der Waals surface area contributed by atoms with E-state index in [0.29, 0.717) is 23.6 Å². The highest BCUT2D eigenvalue weighted by Gasteiger charge is 2.47. The van der Waals surface area contributed by atoms with Crippen LogP contribution in [0.5, 0.6) is 0 Å². The second kappa shape index (κ2) is 5.23. The fourth-order valence-corrected chi connectivity index (χ4v) is 3.15. The first-order valence-corrected chi connectivity index (χ1v) is 7.23. The van der Waals surface area contributed by atoms with Crippen LogP contribution in [-0.4, -0.2) is 16.1 Å². The average molecular weight is 318 g/mol. The molecule has 1 amide bonds. The zero-order valence-electron chi connectivity index (χ0n) is 12.3. The number of amides is 1. The van der Waals surface area contributed by atoms with E-state index in [2.05, 4.69) is 15.6 Å². The van der Waals surface area contributed by atoms with Crippen molar-refractivity contribution in [3.05, 3.63) is 46.6 Å². The number of nitrogens with zero attached hydrogens (tertiary/aromatic N) is 3. The molecule has 1 aromatic heterocycles. The van der Waals surface area contributed by atoms with Crippen LogP contribution in [0.15, 0.2) is 30.3 Å². The third kappa shape index (κ3) is 2.12. The Morgan fingerprint density at radius 2 is 1.95 bits per heavy atom. The van der Waals surface area contributed by atoms with Crippen molar-refractivity contribution in [2.45, 2.75) is 25.8 Å². The Labute approximate surface area is 133 Å². The average Bonchev–Trinajstić information content (AvgIpc) is 2.71. The summed E-state index contributed by atoms with van der Waals surface area (Å²) in [6.07, 6.45) is 0. The van der Waals surface area contributed by atoms with Gasteiger partial charge in [0.15, 0.2) is 11.0 Å². The minimum absolute atomic E-state index is 0.0560. The maximum atomic E-state index is 12.9. The van der Waals surface area contributed by atoms with Crippen molar-refractivity contribution in [1.82, 2.24) is 10.2 Å². The number of halogens is 1. The number of carbonyl (C=O) groups excluding carboxylic acids is 1. The van der Waals surface area contributed by atoms with Gasteiger partial charge in [-0.15, -0.1) is 10.2 Å². The molecule has 22 heavy (non-hydrogen) atoms. The molecule has 0 spiro atoms. The van der Waals surface area contributed by atoms with Gasteiger partial charge in [0, 0.05) is 5.56 Å². The predicted molar refractivity (Wildman–Crippen MR) is 85.5 cm³/mol. The number of nitrogen functional groups attached to an aromatic ring is 1. The molecule has 3 rings (SSSR count). The SMILES string of the molecule is CC1(C)C(=O)N(Cc2ccccc2)c2c(NN)nnc(Cl)c21. The summed E-state index contributed by atoms with van der Waals surface area (Å²) in [6, 6.07) is 9.72. The van der Waals surface area contributed by atoms with E-state index in [1.54, 1.807) is 4.90 Å². The van der Waals surface area contributed by atoms with E-state index in [1.165, 1.54) is 0 Å². The molecule has 0 radical (unpaired) electrons. The van der Waals surface area contributed by atoms with Crippen LogP contribution in [0, 0.1) is 0 Å². The topological polar surface area (TPSA) is 84.1 Å². The molecule has 7 heteroatoms. The second-order valence-corrected chi connectivity index (χ2v) is 6.07. The van der Waals surface area contributed by atoms with Crippen LogP contribution < -0.4 is 16.2 Å². The molecule has 0 fully saturated rings. The normalized spacial score (nSPS) is 15.8. The van der Waals surface area contributed by atoms with Crippen molar-refractivity contribution in [3.8, 4) is 0 Å². The molecule has 3 N–H and O–H groups in total. The van der Waals surface area contributed by atoms with Gasteiger partial charge >= 0.3 is 0 Å². The highest BCUT2D eigenvalue weighted by atomic mass is 35.5. The largest absolute Gasteiger partial charge is 0.305 e. The van der Waals surface area contributed by atoms with Gasteiger partial charge in [0.2, 0.25) is 5.91 Å². The van der Waals surface area contributed by atoms with Gasteiger partial charge in [-0.2, -0.15) is 0 Å². The minimum Gasteiger partial charge on any atom is -0.305 e. The smallest absolute Gasteiger partial charge is 0.237 e. The quantitative estimate of drug-likeness (QED) is 0.670. The van der Waals surface area contributed by atoms with Crippen molar-refractivity contribution in [3.63, 3.8) is 0 Å². The summed E-state index contributed by atoms with van der Waals surface area (Å²) in [4.78, 5) is 14.5. The molecule has 1 aromatic carbocycles. The summed E-state index contributed by atoms with van der Waals surface area (Å²) >= 11 is 6.20. The zero-order valence-corrected chi connectivity index (χ0v) is 13.1. The molecule has 1 aliphatic heterocycles. The number of aromatic nitrogens is 2. The zero-order chi connectivity index (χ0) is 15.9. The summed E-state index contributed by atoms with van der Waals surface area (Å²) in [6.45, 7) is 4.08. The lowest BCUT2D eigenvalue weighted by Crippen LogP contribution is -2.36. The molecule has 0 saturated heterocycles. The maximum absolute atomic E-state index is 12.9. The van der Waals surface area contributed by atoms with E-state index >= 15 is 0 Å². The van der Waals surface area contributed by atoms with Crippen molar-refractivity contribution in [1.29, 1.82) is 0 Å². The van der Waals surface area contributed by atoms with Crippen molar-refractivity contribution < 1.29 is 4.79 Å². The van der Waals surface area contributed by atoms with Gasteiger partial charge in [-0.3, -0.25) is 4.79 Å². The molecule has 0 aliphatic carbocycles. The van der Waals surface area contributed by atoms with Gasteiger partial charge in [-0.1, -0.05) is 41.9 Å². The molecule has 6 nitrogen and oxygen atoms in total. The highest BCUT2D eigenvalue weighted by molar-refractivity contribution is 6.32. The first-order chi connectivity index (χ1) is 10.5. The van der Waals surface area contributed by atoms with Crippen LogP contribution in [0.3, 0.4) is 0 Å². The summed E-state index contributed by atoms with van der Waals surface area (Å²) in [5.41, 5.74) is 3.99. The van der Waals surface area contributed by atoms with E-state index < -0.39 is 5.41 Å². The molecule has 0 saturated carbocycles. The number of rotatable bonds is 3. The Morgan fingerprint density at radius 1 is 1.27 bits per heavy atom.